The lowest BCUT2D eigenvalue weighted by Gasteiger charge is -2.17. The predicted molar refractivity (Wildman–Crippen MR) is 116 cm³/mol. The van der Waals surface area contributed by atoms with Gasteiger partial charge in [-0.2, -0.15) is 15.1 Å². The van der Waals surface area contributed by atoms with E-state index in [4.69, 9.17) is 15.2 Å². The van der Waals surface area contributed by atoms with E-state index in [1.54, 1.807) is 12.4 Å². The van der Waals surface area contributed by atoms with Crippen molar-refractivity contribution in [2.45, 2.75) is 49.8 Å². The van der Waals surface area contributed by atoms with Crippen LogP contribution in [0.3, 0.4) is 0 Å². The maximum atomic E-state index is 11.1. The van der Waals surface area contributed by atoms with Crippen molar-refractivity contribution >= 4 is 22.9 Å². The van der Waals surface area contributed by atoms with Crippen molar-refractivity contribution in [2.24, 2.45) is 5.73 Å². The average molecular weight is 474 g/mol. The van der Waals surface area contributed by atoms with E-state index >= 15 is 0 Å². The van der Waals surface area contributed by atoms with Gasteiger partial charge in [-0.15, -0.1) is 0 Å². The molecular formula is C20H26N8O6. The summed E-state index contributed by atoms with van der Waals surface area (Å²) in [5, 5.41) is 37.8. The molecule has 2 aliphatic rings. The smallest absolute Gasteiger partial charge is 0.254 e. The van der Waals surface area contributed by atoms with E-state index < -0.39 is 37.1 Å². The maximum absolute atomic E-state index is 11.1. The van der Waals surface area contributed by atoms with Crippen LogP contribution in [0.25, 0.3) is 17.1 Å². The van der Waals surface area contributed by atoms with Crippen molar-refractivity contribution in [1.82, 2.24) is 29.3 Å². The van der Waals surface area contributed by atoms with Gasteiger partial charge in [-0.1, -0.05) is 0 Å². The molecule has 34 heavy (non-hydrogen) atoms. The van der Waals surface area contributed by atoms with E-state index in [9.17, 15) is 20.1 Å². The van der Waals surface area contributed by atoms with Gasteiger partial charge in [0, 0.05) is 19.2 Å². The third kappa shape index (κ3) is 4.21. The van der Waals surface area contributed by atoms with Crippen molar-refractivity contribution in [3.8, 4) is 5.95 Å². The Balaban J connectivity index is 1.55. The van der Waals surface area contributed by atoms with Crippen molar-refractivity contribution in [1.29, 1.82) is 0 Å². The first-order valence-electron chi connectivity index (χ1n) is 11.0. The van der Waals surface area contributed by atoms with Gasteiger partial charge in [-0.25, -0.2) is 9.67 Å². The quantitative estimate of drug-likeness (QED) is 0.248. The largest absolute Gasteiger partial charge is 0.394 e. The number of aliphatic hydroxyl groups excluding tert-OH is 3. The Kier molecular flexibility index (Phi) is 6.14. The molecule has 0 spiro atoms. The van der Waals surface area contributed by atoms with Crippen LogP contribution >= 0.6 is 0 Å². The topological polar surface area (TPSA) is 196 Å². The molecule has 6 N–H and O–H groups in total. The highest BCUT2D eigenvalue weighted by atomic mass is 16.6. The molecule has 2 fully saturated rings. The number of anilines is 1. The molecule has 0 unspecified atom stereocenters. The second-order valence-corrected chi connectivity index (χ2v) is 8.39. The fourth-order valence-electron chi connectivity index (χ4n) is 4.11. The second-order valence-electron chi connectivity index (χ2n) is 8.39. The van der Waals surface area contributed by atoms with Crippen LogP contribution < -0.4 is 11.1 Å². The van der Waals surface area contributed by atoms with Crippen molar-refractivity contribution in [2.75, 3.05) is 25.1 Å². The number of rotatable bonds is 8. The van der Waals surface area contributed by atoms with E-state index in [2.05, 4.69) is 25.4 Å². The number of hydrogen-bond acceptors (Lipinski definition) is 11. The number of carbonyl (C=O) groups excluding carboxylic acids is 1. The van der Waals surface area contributed by atoms with Crippen LogP contribution in [-0.4, -0.2) is 94.7 Å². The Hall–Kier alpha value is -3.17. The van der Waals surface area contributed by atoms with E-state index in [1.807, 2.05) is 0 Å². The zero-order chi connectivity index (χ0) is 23.8. The summed E-state index contributed by atoms with van der Waals surface area (Å²) in [6.45, 7) is 0.713. The van der Waals surface area contributed by atoms with E-state index in [0.29, 0.717) is 36.6 Å². The molecular weight excluding hydrogens is 448 g/mol. The normalized spacial score (nSPS) is 27.0. The van der Waals surface area contributed by atoms with Gasteiger partial charge in [0.1, 0.15) is 18.3 Å². The molecule has 5 atom stereocenters. The summed E-state index contributed by atoms with van der Waals surface area (Å²) in [5.41, 5.74) is 6.81. The number of amides is 1. The minimum atomic E-state index is -1.29. The van der Waals surface area contributed by atoms with Gasteiger partial charge in [0.25, 0.3) is 5.95 Å². The zero-order valence-electron chi connectivity index (χ0n) is 18.2. The number of aromatic nitrogens is 6. The van der Waals surface area contributed by atoms with Crippen LogP contribution in [0.1, 0.15) is 24.6 Å². The van der Waals surface area contributed by atoms with Crippen molar-refractivity contribution < 1.29 is 29.6 Å². The summed E-state index contributed by atoms with van der Waals surface area (Å²) in [6, 6.07) is 0.0359. The van der Waals surface area contributed by atoms with Crippen LogP contribution in [0.2, 0.25) is 0 Å². The standard InChI is InChI=1S/C20H26N8O6/c21-13(30)2-1-10-5-23-28(6-10)20-25-17(24-11-3-4-33-8-11)14-18(26-20)27(9-22-14)19-16(32)15(31)12(7-29)34-19/h5-6,9,11-12,15-16,19,29,31-32H,1-4,7-8H2,(H2,21,30)(H,24,25,26)/t11-,12-,15-,16-,19-/m1/s1. The maximum Gasteiger partial charge on any atom is 0.254 e. The number of nitrogens with one attached hydrogen (secondary N) is 1. The first kappa shape index (κ1) is 22.6. The Labute approximate surface area is 193 Å². The Bertz CT molecular complexity index is 1180. The lowest BCUT2D eigenvalue weighted by molar-refractivity contribution is -0.117. The minimum absolute atomic E-state index is 0.0359. The van der Waals surface area contributed by atoms with Gasteiger partial charge in [0.2, 0.25) is 5.91 Å². The molecule has 3 aromatic rings. The third-order valence-corrected chi connectivity index (χ3v) is 5.97. The highest BCUT2D eigenvalue weighted by molar-refractivity contribution is 5.84. The highest BCUT2D eigenvalue weighted by Crippen LogP contribution is 2.33. The summed E-state index contributed by atoms with van der Waals surface area (Å²) in [5.74, 6) is 0.279. The molecule has 0 radical (unpaired) electrons. The molecule has 5 rings (SSSR count). The monoisotopic (exact) mass is 474 g/mol. The van der Waals surface area contributed by atoms with Gasteiger partial charge < -0.3 is 35.8 Å². The molecule has 2 aliphatic heterocycles. The summed E-state index contributed by atoms with van der Waals surface area (Å²) in [4.78, 5) is 24.7. The number of aryl methyl sites for hydroxylation is 1. The van der Waals surface area contributed by atoms with Gasteiger partial charge in [0.05, 0.1) is 31.8 Å². The molecule has 0 aromatic carbocycles. The molecule has 14 nitrogen and oxygen atoms in total. The lowest BCUT2D eigenvalue weighted by Crippen LogP contribution is -2.33. The van der Waals surface area contributed by atoms with Crippen molar-refractivity contribution in [3.63, 3.8) is 0 Å². The van der Waals surface area contributed by atoms with Crippen molar-refractivity contribution in [3.05, 3.63) is 24.3 Å². The first-order valence-corrected chi connectivity index (χ1v) is 11.0. The molecule has 1 amide bonds. The average Bonchev–Trinajstić information content (AvgIpc) is 3.61. The van der Waals surface area contributed by atoms with Gasteiger partial charge in [-0.3, -0.25) is 9.36 Å². The molecule has 14 heteroatoms. The summed E-state index contributed by atoms with van der Waals surface area (Å²) >= 11 is 0. The number of hydrogen-bond donors (Lipinski definition) is 5. The fraction of sp³-hybridized carbons (Fsp3) is 0.550. The Morgan fingerprint density at radius 1 is 1.29 bits per heavy atom. The Morgan fingerprint density at radius 3 is 2.85 bits per heavy atom. The van der Waals surface area contributed by atoms with E-state index in [-0.39, 0.29) is 18.4 Å². The number of nitrogens with zero attached hydrogens (tertiary/aromatic N) is 6. The van der Waals surface area contributed by atoms with Crippen LogP contribution in [0.5, 0.6) is 0 Å². The molecule has 2 saturated heterocycles. The lowest BCUT2D eigenvalue weighted by atomic mass is 10.1. The van der Waals surface area contributed by atoms with E-state index in [0.717, 1.165) is 12.0 Å². The highest BCUT2D eigenvalue weighted by Gasteiger charge is 2.44. The molecule has 5 heterocycles. The number of fused-ring (bicyclic) bond motifs is 1. The SMILES string of the molecule is NC(=O)CCc1cnn(-c2nc(N[C@@H]3CCOC3)c3ncn([C@@H]4O[C@H](CO)[C@@H](O)[C@H]4O)c3n2)c1. The van der Waals surface area contributed by atoms with Crippen LogP contribution in [0.15, 0.2) is 18.7 Å². The first-order chi connectivity index (χ1) is 16.4. The molecule has 0 bridgehead atoms. The van der Waals surface area contributed by atoms with Gasteiger partial charge >= 0.3 is 0 Å². The number of aliphatic hydroxyl groups is 3. The number of primary amides is 1. The van der Waals surface area contributed by atoms with Gasteiger partial charge in [-0.05, 0) is 18.4 Å². The van der Waals surface area contributed by atoms with Crippen LogP contribution in [-0.2, 0) is 20.7 Å². The molecule has 3 aromatic heterocycles. The second kappa shape index (κ2) is 9.23. The number of imidazole rings is 1. The molecule has 0 aliphatic carbocycles. The number of ether oxygens (including phenoxy) is 2. The molecule has 182 valence electrons. The van der Waals surface area contributed by atoms with Crippen LogP contribution in [0, 0.1) is 0 Å². The minimum Gasteiger partial charge on any atom is -0.394 e. The zero-order valence-corrected chi connectivity index (χ0v) is 18.2. The summed E-state index contributed by atoms with van der Waals surface area (Å²) in [7, 11) is 0. The summed E-state index contributed by atoms with van der Waals surface area (Å²) in [6.07, 6.45) is 1.69. The predicted octanol–water partition coefficient (Wildman–Crippen LogP) is -1.76. The third-order valence-electron chi connectivity index (χ3n) is 5.97. The summed E-state index contributed by atoms with van der Waals surface area (Å²) < 4.78 is 14.1. The number of carbonyl (C=O) groups is 1. The van der Waals surface area contributed by atoms with Crippen LogP contribution in [0.4, 0.5) is 5.82 Å². The van der Waals surface area contributed by atoms with E-state index in [1.165, 1.54) is 15.6 Å². The van der Waals surface area contributed by atoms with Gasteiger partial charge in [0.15, 0.2) is 23.2 Å². The number of nitrogens with two attached hydrogens (primary N) is 1. The Morgan fingerprint density at radius 2 is 2.15 bits per heavy atom. The molecule has 0 saturated carbocycles. The fourth-order valence-corrected chi connectivity index (χ4v) is 4.11.